The van der Waals surface area contributed by atoms with Crippen molar-refractivity contribution in [3.05, 3.63) is 83.2 Å². The summed E-state index contributed by atoms with van der Waals surface area (Å²) in [6.45, 7) is 0.821. The number of imide groups is 1. The molecule has 2 heterocycles. The van der Waals surface area contributed by atoms with Crippen LogP contribution in [0.5, 0.6) is 5.75 Å². The maximum absolute atomic E-state index is 12.4. The number of rotatable bonds is 5. The molecule has 0 fully saturated rings. The van der Waals surface area contributed by atoms with E-state index in [0.717, 1.165) is 16.9 Å². The molecule has 2 aromatic carbocycles. The Bertz CT molecular complexity index is 941. The first-order chi connectivity index (χ1) is 12.7. The quantitative estimate of drug-likeness (QED) is 0.666. The lowest BCUT2D eigenvalue weighted by Crippen LogP contribution is -2.28. The van der Waals surface area contributed by atoms with Crippen LogP contribution in [0.4, 0.5) is 0 Å². The van der Waals surface area contributed by atoms with Gasteiger partial charge in [-0.3, -0.25) is 19.2 Å². The minimum absolute atomic E-state index is 0.217. The Labute approximate surface area is 150 Å². The monoisotopic (exact) mass is 347 g/mol. The number of ether oxygens (including phenoxy) is 1. The maximum atomic E-state index is 12.4. The van der Waals surface area contributed by atoms with Gasteiger partial charge in [0, 0.05) is 11.8 Å². The lowest BCUT2D eigenvalue weighted by molar-refractivity contribution is 0.0642. The van der Waals surface area contributed by atoms with Crippen LogP contribution in [0.1, 0.15) is 31.8 Å². The van der Waals surface area contributed by atoms with Crippen LogP contribution in [0.15, 0.2) is 60.9 Å². The van der Waals surface area contributed by atoms with Crippen molar-refractivity contribution >= 4 is 11.8 Å². The van der Waals surface area contributed by atoms with E-state index in [2.05, 4.69) is 5.10 Å². The van der Waals surface area contributed by atoms with Gasteiger partial charge in [0.2, 0.25) is 0 Å². The number of benzene rings is 2. The zero-order chi connectivity index (χ0) is 18.1. The zero-order valence-corrected chi connectivity index (χ0v) is 14.3. The number of hydrogen-bond donors (Lipinski definition) is 0. The topological polar surface area (TPSA) is 64.4 Å². The number of fused-ring (bicyclic) bond motifs is 1. The van der Waals surface area contributed by atoms with Crippen LogP contribution in [0.25, 0.3) is 0 Å². The summed E-state index contributed by atoms with van der Waals surface area (Å²) < 4.78 is 6.94. The summed E-state index contributed by atoms with van der Waals surface area (Å²) in [6.07, 6.45) is 3.54. The molecule has 0 aliphatic carbocycles. The lowest BCUT2D eigenvalue weighted by Gasteiger charge is -2.12. The van der Waals surface area contributed by atoms with E-state index in [1.165, 1.54) is 4.90 Å². The molecule has 0 saturated heterocycles. The molecule has 1 aliphatic heterocycles. The fraction of sp³-hybridized carbons (Fsp3) is 0.150. The van der Waals surface area contributed by atoms with E-state index in [4.69, 9.17) is 4.74 Å². The van der Waals surface area contributed by atoms with Crippen molar-refractivity contribution in [3.63, 3.8) is 0 Å². The average Bonchev–Trinajstić information content (AvgIpc) is 3.21. The van der Waals surface area contributed by atoms with Gasteiger partial charge in [-0.1, -0.05) is 24.3 Å². The fourth-order valence-corrected chi connectivity index (χ4v) is 3.06. The molecule has 0 atom stereocenters. The first-order valence-electron chi connectivity index (χ1n) is 8.25. The van der Waals surface area contributed by atoms with Gasteiger partial charge in [0.25, 0.3) is 11.8 Å². The molecule has 0 bridgehead atoms. The van der Waals surface area contributed by atoms with E-state index in [9.17, 15) is 9.59 Å². The highest BCUT2D eigenvalue weighted by atomic mass is 16.5. The number of methoxy groups -OCH3 is 1. The van der Waals surface area contributed by atoms with Crippen molar-refractivity contribution in [2.45, 2.75) is 13.1 Å². The molecule has 1 aromatic heterocycles. The first kappa shape index (κ1) is 16.1. The predicted molar refractivity (Wildman–Crippen MR) is 95.0 cm³/mol. The van der Waals surface area contributed by atoms with E-state index < -0.39 is 0 Å². The Morgan fingerprint density at radius 1 is 0.885 bits per heavy atom. The summed E-state index contributed by atoms with van der Waals surface area (Å²) in [5.74, 6) is 0.294. The molecule has 0 spiro atoms. The minimum Gasteiger partial charge on any atom is -0.497 e. The van der Waals surface area contributed by atoms with Gasteiger partial charge >= 0.3 is 0 Å². The minimum atomic E-state index is -0.256. The average molecular weight is 347 g/mol. The van der Waals surface area contributed by atoms with Crippen molar-refractivity contribution in [3.8, 4) is 5.75 Å². The molecular weight excluding hydrogens is 330 g/mol. The van der Waals surface area contributed by atoms with Crippen molar-refractivity contribution < 1.29 is 14.3 Å². The van der Waals surface area contributed by atoms with Crippen molar-refractivity contribution in [1.29, 1.82) is 0 Å². The summed E-state index contributed by atoms with van der Waals surface area (Å²) in [5.41, 5.74) is 2.82. The summed E-state index contributed by atoms with van der Waals surface area (Å²) in [5, 5.41) is 4.33. The highest BCUT2D eigenvalue weighted by Gasteiger charge is 2.35. The van der Waals surface area contributed by atoms with Gasteiger partial charge < -0.3 is 4.74 Å². The molecule has 3 aromatic rings. The molecule has 4 rings (SSSR count). The van der Waals surface area contributed by atoms with Gasteiger partial charge in [-0.2, -0.15) is 5.10 Å². The molecule has 0 saturated carbocycles. The van der Waals surface area contributed by atoms with Crippen molar-refractivity contribution in [2.24, 2.45) is 0 Å². The molecular formula is C20H17N3O3. The Balaban J connectivity index is 1.47. The van der Waals surface area contributed by atoms with Crippen molar-refractivity contribution in [1.82, 2.24) is 14.7 Å². The van der Waals surface area contributed by atoms with Gasteiger partial charge in [-0.15, -0.1) is 0 Å². The molecule has 0 unspecified atom stereocenters. The molecule has 6 heteroatoms. The predicted octanol–water partition coefficient (Wildman–Crippen LogP) is 2.74. The second-order valence-corrected chi connectivity index (χ2v) is 6.14. The normalized spacial score (nSPS) is 13.2. The summed E-state index contributed by atoms with van der Waals surface area (Å²) in [7, 11) is 1.63. The third-order valence-corrected chi connectivity index (χ3v) is 4.41. The largest absolute Gasteiger partial charge is 0.497 e. The molecule has 0 radical (unpaired) electrons. The van der Waals surface area contributed by atoms with Crippen LogP contribution in [0.3, 0.4) is 0 Å². The molecule has 6 nitrogen and oxygen atoms in total. The molecule has 26 heavy (non-hydrogen) atoms. The maximum Gasteiger partial charge on any atom is 0.261 e. The summed E-state index contributed by atoms with van der Waals surface area (Å²) >= 11 is 0. The highest BCUT2D eigenvalue weighted by Crippen LogP contribution is 2.24. The van der Waals surface area contributed by atoms with E-state index in [1.54, 1.807) is 42.3 Å². The third-order valence-electron chi connectivity index (χ3n) is 4.41. The number of hydrogen-bond acceptors (Lipinski definition) is 4. The van der Waals surface area contributed by atoms with Crippen LogP contribution in [0, 0.1) is 0 Å². The Morgan fingerprint density at radius 2 is 1.54 bits per heavy atom. The molecule has 130 valence electrons. The SMILES string of the molecule is COc1ccc(Cn2cc(CN3C(=O)c4ccccc4C3=O)cn2)cc1. The molecule has 0 N–H and O–H groups in total. The number of nitrogens with zero attached hydrogens (tertiary/aromatic N) is 3. The smallest absolute Gasteiger partial charge is 0.261 e. The molecule has 1 aliphatic rings. The van der Waals surface area contributed by atoms with Crippen LogP contribution in [-0.4, -0.2) is 33.6 Å². The number of carbonyl (C=O) groups is 2. The van der Waals surface area contributed by atoms with Crippen LogP contribution in [-0.2, 0) is 13.1 Å². The van der Waals surface area contributed by atoms with Gasteiger partial charge in [0.05, 0.1) is 37.5 Å². The summed E-state index contributed by atoms with van der Waals surface area (Å²) in [4.78, 5) is 26.1. The standard InChI is InChI=1S/C20H17N3O3/c1-26-16-8-6-14(7-9-16)11-22-12-15(10-21-22)13-23-19(24)17-4-2-3-5-18(17)20(23)25/h2-10,12H,11,13H2,1H3. The third kappa shape index (κ3) is 2.86. The van der Waals surface area contributed by atoms with E-state index >= 15 is 0 Å². The lowest BCUT2D eigenvalue weighted by atomic mass is 10.1. The number of aromatic nitrogens is 2. The Kier molecular flexibility index (Phi) is 4.01. The Morgan fingerprint density at radius 3 is 2.15 bits per heavy atom. The van der Waals surface area contributed by atoms with E-state index in [-0.39, 0.29) is 18.4 Å². The van der Waals surface area contributed by atoms with Gasteiger partial charge in [0.15, 0.2) is 0 Å². The van der Waals surface area contributed by atoms with E-state index in [0.29, 0.717) is 17.7 Å². The molecule has 2 amide bonds. The first-order valence-corrected chi connectivity index (χ1v) is 8.25. The second kappa shape index (κ2) is 6.48. The number of amides is 2. The van der Waals surface area contributed by atoms with Gasteiger partial charge in [-0.25, -0.2) is 0 Å². The fourth-order valence-electron chi connectivity index (χ4n) is 3.06. The van der Waals surface area contributed by atoms with Crippen LogP contribution in [0.2, 0.25) is 0 Å². The van der Waals surface area contributed by atoms with Crippen LogP contribution >= 0.6 is 0 Å². The van der Waals surface area contributed by atoms with Crippen molar-refractivity contribution in [2.75, 3.05) is 7.11 Å². The summed E-state index contributed by atoms with van der Waals surface area (Å²) in [6, 6.07) is 14.7. The zero-order valence-electron chi connectivity index (χ0n) is 14.3. The Hall–Kier alpha value is -3.41. The second-order valence-electron chi connectivity index (χ2n) is 6.14. The van der Waals surface area contributed by atoms with Gasteiger partial charge in [0.1, 0.15) is 5.75 Å². The number of carbonyl (C=O) groups excluding carboxylic acids is 2. The van der Waals surface area contributed by atoms with E-state index in [1.807, 2.05) is 30.5 Å². The van der Waals surface area contributed by atoms with Gasteiger partial charge in [-0.05, 0) is 29.8 Å². The van der Waals surface area contributed by atoms with Crippen LogP contribution < -0.4 is 4.74 Å². The highest BCUT2D eigenvalue weighted by molar-refractivity contribution is 6.21.